The Kier molecular flexibility index (Phi) is 3.24. The lowest BCUT2D eigenvalue weighted by molar-refractivity contribution is -0.136. The van der Waals surface area contributed by atoms with Gasteiger partial charge in [-0.25, -0.2) is 0 Å². The number of hydrogen-bond acceptors (Lipinski definition) is 3. The number of aliphatic carboxylic acids is 1. The van der Waals surface area contributed by atoms with E-state index in [0.717, 1.165) is 10.9 Å². The molecule has 1 aromatic heterocycles. The third-order valence-corrected chi connectivity index (χ3v) is 2.99. The Hall–Kier alpha value is -1.68. The number of rotatable bonds is 4. The number of halogens is 1. The highest BCUT2D eigenvalue weighted by Gasteiger charge is 2.14. The van der Waals surface area contributed by atoms with Crippen LogP contribution in [0.4, 0.5) is 0 Å². The van der Waals surface area contributed by atoms with Crippen LogP contribution in [-0.2, 0) is 11.2 Å². The topological polar surface area (TPSA) is 59.7 Å². The van der Waals surface area contributed by atoms with Gasteiger partial charge >= 0.3 is 5.97 Å². The number of carboxylic acid groups (broad SMARTS) is 1. The lowest BCUT2D eigenvalue weighted by Crippen LogP contribution is -1.98. The van der Waals surface area contributed by atoms with Crippen LogP contribution in [0.3, 0.4) is 0 Å². The van der Waals surface area contributed by atoms with E-state index < -0.39 is 5.97 Å². The van der Waals surface area contributed by atoms with E-state index in [4.69, 9.17) is 25.9 Å². The van der Waals surface area contributed by atoms with Crippen LogP contribution in [0, 0.1) is 0 Å². The maximum absolute atomic E-state index is 10.6. The molecule has 0 aliphatic rings. The lowest BCUT2D eigenvalue weighted by atomic mass is 10.1. The van der Waals surface area contributed by atoms with Crippen LogP contribution in [0.1, 0.15) is 12.0 Å². The third-order valence-electron chi connectivity index (χ3n) is 2.54. The van der Waals surface area contributed by atoms with Gasteiger partial charge in [-0.3, -0.25) is 4.79 Å². The molecule has 0 bridgehead atoms. The molecule has 0 aliphatic carbocycles. The number of ether oxygens (including phenoxy) is 1. The zero-order valence-corrected chi connectivity index (χ0v) is 9.95. The molecule has 2 rings (SSSR count). The number of furan rings is 1. The van der Waals surface area contributed by atoms with Crippen LogP contribution < -0.4 is 4.74 Å². The van der Waals surface area contributed by atoms with Crippen molar-refractivity contribution in [3.63, 3.8) is 0 Å². The van der Waals surface area contributed by atoms with Crippen molar-refractivity contribution in [2.45, 2.75) is 12.8 Å². The van der Waals surface area contributed by atoms with Crippen LogP contribution in [0.2, 0.25) is 5.02 Å². The Morgan fingerprint density at radius 1 is 1.59 bits per heavy atom. The minimum atomic E-state index is -0.854. The van der Waals surface area contributed by atoms with Gasteiger partial charge in [0.1, 0.15) is 0 Å². The zero-order valence-electron chi connectivity index (χ0n) is 9.20. The summed E-state index contributed by atoms with van der Waals surface area (Å²) in [5, 5.41) is 9.94. The highest BCUT2D eigenvalue weighted by Crippen LogP contribution is 2.35. The zero-order chi connectivity index (χ0) is 12.4. The van der Waals surface area contributed by atoms with E-state index in [9.17, 15) is 4.79 Å². The first-order valence-corrected chi connectivity index (χ1v) is 5.45. The van der Waals surface area contributed by atoms with Gasteiger partial charge in [-0.1, -0.05) is 11.6 Å². The maximum Gasteiger partial charge on any atom is 0.303 e. The van der Waals surface area contributed by atoms with Crippen molar-refractivity contribution in [2.24, 2.45) is 0 Å². The van der Waals surface area contributed by atoms with E-state index in [1.807, 2.05) is 0 Å². The standard InChI is InChI=1S/C12H11ClO4/c1-16-9-6-7(2-3-10(14)15)11(13)8-4-5-17-12(8)9/h4-6H,2-3H2,1H3,(H,14,15). The van der Waals surface area contributed by atoms with Gasteiger partial charge < -0.3 is 14.3 Å². The fraction of sp³-hybridized carbons (Fsp3) is 0.250. The van der Waals surface area contributed by atoms with E-state index in [0.29, 0.717) is 22.8 Å². The van der Waals surface area contributed by atoms with Crippen molar-refractivity contribution in [1.29, 1.82) is 0 Å². The van der Waals surface area contributed by atoms with Gasteiger partial charge in [0.25, 0.3) is 0 Å². The normalized spacial score (nSPS) is 10.7. The summed E-state index contributed by atoms with van der Waals surface area (Å²) in [6.45, 7) is 0. The Bertz CT molecular complexity index is 559. The third kappa shape index (κ3) is 2.22. The fourth-order valence-corrected chi connectivity index (χ4v) is 2.01. The van der Waals surface area contributed by atoms with E-state index in [1.165, 1.54) is 13.4 Å². The monoisotopic (exact) mass is 254 g/mol. The second-order valence-corrected chi connectivity index (χ2v) is 3.99. The highest BCUT2D eigenvalue weighted by molar-refractivity contribution is 6.36. The average molecular weight is 255 g/mol. The summed E-state index contributed by atoms with van der Waals surface area (Å²) in [6.07, 6.45) is 1.93. The SMILES string of the molecule is COc1cc(CCC(=O)O)c(Cl)c2ccoc12. The van der Waals surface area contributed by atoms with Crippen molar-refractivity contribution in [2.75, 3.05) is 7.11 Å². The molecule has 0 aliphatic heterocycles. The largest absolute Gasteiger partial charge is 0.493 e. The highest BCUT2D eigenvalue weighted by atomic mass is 35.5. The Morgan fingerprint density at radius 2 is 2.35 bits per heavy atom. The van der Waals surface area contributed by atoms with Crippen molar-refractivity contribution in [3.8, 4) is 5.75 Å². The fourth-order valence-electron chi connectivity index (χ4n) is 1.71. The number of aryl methyl sites for hydroxylation is 1. The smallest absolute Gasteiger partial charge is 0.303 e. The maximum atomic E-state index is 10.6. The molecule has 0 saturated carbocycles. The first-order chi connectivity index (χ1) is 8.13. The second kappa shape index (κ2) is 4.67. The molecular formula is C12H11ClO4. The molecule has 0 spiro atoms. The molecule has 0 unspecified atom stereocenters. The molecule has 17 heavy (non-hydrogen) atoms. The molecule has 90 valence electrons. The van der Waals surface area contributed by atoms with Gasteiger partial charge in [0, 0.05) is 11.8 Å². The molecular weight excluding hydrogens is 244 g/mol. The quantitative estimate of drug-likeness (QED) is 0.911. The Labute approximate surface area is 103 Å². The van der Waals surface area contributed by atoms with E-state index >= 15 is 0 Å². The summed E-state index contributed by atoms with van der Waals surface area (Å²) < 4.78 is 10.5. The van der Waals surface area contributed by atoms with E-state index in [2.05, 4.69) is 0 Å². The summed E-state index contributed by atoms with van der Waals surface area (Å²) in [4.78, 5) is 10.6. The van der Waals surface area contributed by atoms with E-state index in [1.54, 1.807) is 12.1 Å². The molecule has 0 radical (unpaired) electrons. The van der Waals surface area contributed by atoms with Gasteiger partial charge in [-0.05, 0) is 24.1 Å². The average Bonchev–Trinajstić information content (AvgIpc) is 2.77. The number of benzene rings is 1. The number of carbonyl (C=O) groups is 1. The predicted octanol–water partition coefficient (Wildman–Crippen LogP) is 3.11. The van der Waals surface area contributed by atoms with Crippen LogP contribution in [-0.4, -0.2) is 18.2 Å². The summed E-state index contributed by atoms with van der Waals surface area (Å²) >= 11 is 6.19. The summed E-state index contributed by atoms with van der Waals surface area (Å²) in [5.74, 6) is -0.290. The predicted molar refractivity (Wildman–Crippen MR) is 63.7 cm³/mol. The molecule has 0 atom stereocenters. The van der Waals surface area contributed by atoms with Gasteiger partial charge in [0.2, 0.25) is 0 Å². The van der Waals surface area contributed by atoms with Gasteiger partial charge in [-0.2, -0.15) is 0 Å². The van der Waals surface area contributed by atoms with Crippen LogP contribution in [0.15, 0.2) is 22.8 Å². The number of methoxy groups -OCH3 is 1. The molecule has 0 amide bonds. The Morgan fingerprint density at radius 3 is 3.00 bits per heavy atom. The van der Waals surface area contributed by atoms with Gasteiger partial charge in [0.15, 0.2) is 11.3 Å². The molecule has 2 aromatic rings. The molecule has 1 heterocycles. The summed E-state index contributed by atoms with van der Waals surface area (Å²) in [6, 6.07) is 3.46. The van der Waals surface area contributed by atoms with Crippen LogP contribution >= 0.6 is 11.6 Å². The molecule has 0 saturated heterocycles. The summed E-state index contributed by atoms with van der Waals surface area (Å²) in [7, 11) is 1.53. The van der Waals surface area contributed by atoms with Crippen LogP contribution in [0.25, 0.3) is 11.0 Å². The molecule has 4 nitrogen and oxygen atoms in total. The molecule has 1 aromatic carbocycles. The number of carboxylic acids is 1. The van der Waals surface area contributed by atoms with Crippen molar-refractivity contribution in [1.82, 2.24) is 0 Å². The molecule has 5 heteroatoms. The minimum absolute atomic E-state index is 0.0340. The number of hydrogen-bond donors (Lipinski definition) is 1. The first-order valence-electron chi connectivity index (χ1n) is 5.08. The van der Waals surface area contributed by atoms with Gasteiger partial charge in [-0.15, -0.1) is 0 Å². The van der Waals surface area contributed by atoms with Crippen molar-refractivity contribution < 1.29 is 19.1 Å². The van der Waals surface area contributed by atoms with Gasteiger partial charge in [0.05, 0.1) is 18.4 Å². The summed E-state index contributed by atoms with van der Waals surface area (Å²) in [5.41, 5.74) is 1.33. The van der Waals surface area contributed by atoms with Crippen molar-refractivity contribution >= 4 is 28.5 Å². The lowest BCUT2D eigenvalue weighted by Gasteiger charge is -2.07. The molecule has 1 N–H and O–H groups in total. The number of fused-ring (bicyclic) bond motifs is 1. The Balaban J connectivity index is 2.48. The van der Waals surface area contributed by atoms with Crippen molar-refractivity contribution in [3.05, 3.63) is 29.0 Å². The molecule has 0 fully saturated rings. The first kappa shape index (κ1) is 11.8. The minimum Gasteiger partial charge on any atom is -0.493 e. The van der Waals surface area contributed by atoms with E-state index in [-0.39, 0.29) is 6.42 Å². The van der Waals surface area contributed by atoms with Crippen LogP contribution in [0.5, 0.6) is 5.75 Å². The second-order valence-electron chi connectivity index (χ2n) is 3.61.